The van der Waals surface area contributed by atoms with Gasteiger partial charge in [0.2, 0.25) is 0 Å². The largest absolute Gasteiger partial charge is 0.321 e. The molecule has 0 saturated carbocycles. The number of benzene rings is 3. The Labute approximate surface area is 184 Å². The number of anilines is 1. The van der Waals surface area contributed by atoms with Crippen molar-refractivity contribution in [1.29, 1.82) is 5.26 Å². The molecule has 0 aliphatic carbocycles. The van der Waals surface area contributed by atoms with Crippen molar-refractivity contribution in [3.05, 3.63) is 105 Å². The van der Waals surface area contributed by atoms with Crippen molar-refractivity contribution in [2.45, 2.75) is 19.8 Å². The molecule has 150 valence electrons. The number of nitriles is 1. The predicted molar refractivity (Wildman–Crippen MR) is 121 cm³/mol. The third-order valence-electron chi connectivity index (χ3n) is 4.68. The smallest absolute Gasteiger partial charge is 0.266 e. The van der Waals surface area contributed by atoms with Gasteiger partial charge in [-0.1, -0.05) is 65.3 Å². The van der Waals surface area contributed by atoms with Crippen LogP contribution in [-0.2, 0) is 17.6 Å². The van der Waals surface area contributed by atoms with E-state index in [-0.39, 0.29) is 11.4 Å². The van der Waals surface area contributed by atoms with Crippen LogP contribution in [0.15, 0.2) is 76.8 Å². The molecule has 0 fully saturated rings. The fourth-order valence-corrected chi connectivity index (χ4v) is 3.66. The number of aryl methyl sites for hydroxylation is 1. The Balaban J connectivity index is 1.79. The molecule has 3 aromatic rings. The number of para-hydroxylation sites is 1. The van der Waals surface area contributed by atoms with Crippen molar-refractivity contribution in [2.24, 2.45) is 0 Å². The van der Waals surface area contributed by atoms with Gasteiger partial charge in [0, 0.05) is 10.2 Å². The summed E-state index contributed by atoms with van der Waals surface area (Å²) in [5.41, 5.74) is 4.31. The van der Waals surface area contributed by atoms with Crippen LogP contribution in [-0.4, -0.2) is 5.91 Å². The highest BCUT2D eigenvalue weighted by Gasteiger charge is 2.12. The second-order valence-electron chi connectivity index (χ2n) is 6.79. The molecular formula is C25H20BrFN2O. The SMILES string of the molecule is CCc1ccccc1NC(=O)/C(C#N)=C/c1ccc(Cc2cccc(F)c2)c(Br)c1. The number of nitrogens with zero attached hydrogens (tertiary/aromatic N) is 1. The molecule has 0 aliphatic rings. The van der Waals surface area contributed by atoms with Crippen molar-refractivity contribution in [3.63, 3.8) is 0 Å². The summed E-state index contributed by atoms with van der Waals surface area (Å²) in [5.74, 6) is -0.712. The average Bonchev–Trinajstić information content (AvgIpc) is 2.74. The molecule has 0 spiro atoms. The first-order chi connectivity index (χ1) is 14.5. The van der Waals surface area contributed by atoms with E-state index in [9.17, 15) is 14.4 Å². The van der Waals surface area contributed by atoms with E-state index in [1.165, 1.54) is 12.1 Å². The first kappa shape index (κ1) is 21.5. The second-order valence-corrected chi connectivity index (χ2v) is 7.65. The van der Waals surface area contributed by atoms with Crippen LogP contribution >= 0.6 is 15.9 Å². The van der Waals surface area contributed by atoms with Gasteiger partial charge in [0.25, 0.3) is 5.91 Å². The molecule has 0 heterocycles. The molecule has 0 radical (unpaired) electrons. The van der Waals surface area contributed by atoms with Gasteiger partial charge < -0.3 is 5.32 Å². The van der Waals surface area contributed by atoms with E-state index >= 15 is 0 Å². The van der Waals surface area contributed by atoms with Gasteiger partial charge in [0.15, 0.2) is 0 Å². The maximum atomic E-state index is 13.4. The molecule has 1 N–H and O–H groups in total. The Kier molecular flexibility index (Phi) is 7.16. The summed E-state index contributed by atoms with van der Waals surface area (Å²) in [6, 6.07) is 21.6. The van der Waals surface area contributed by atoms with E-state index in [2.05, 4.69) is 21.2 Å². The summed E-state index contributed by atoms with van der Waals surface area (Å²) in [4.78, 5) is 12.6. The molecule has 30 heavy (non-hydrogen) atoms. The Morgan fingerprint density at radius 2 is 1.90 bits per heavy atom. The lowest BCUT2D eigenvalue weighted by Crippen LogP contribution is -2.14. The van der Waals surface area contributed by atoms with E-state index in [0.29, 0.717) is 12.1 Å². The zero-order chi connectivity index (χ0) is 21.5. The Hall–Kier alpha value is -3.23. The van der Waals surface area contributed by atoms with E-state index in [4.69, 9.17) is 0 Å². The van der Waals surface area contributed by atoms with E-state index in [1.807, 2.05) is 61.5 Å². The Morgan fingerprint density at radius 3 is 2.60 bits per heavy atom. The van der Waals surface area contributed by atoms with Crippen molar-refractivity contribution < 1.29 is 9.18 Å². The summed E-state index contributed by atoms with van der Waals surface area (Å²) >= 11 is 3.54. The fourth-order valence-electron chi connectivity index (χ4n) is 3.12. The first-order valence-electron chi connectivity index (χ1n) is 9.54. The highest BCUT2D eigenvalue weighted by molar-refractivity contribution is 9.10. The highest BCUT2D eigenvalue weighted by atomic mass is 79.9. The van der Waals surface area contributed by atoms with Gasteiger partial charge in [-0.3, -0.25) is 4.79 Å². The maximum Gasteiger partial charge on any atom is 0.266 e. The van der Waals surface area contributed by atoms with Gasteiger partial charge in [-0.15, -0.1) is 0 Å². The van der Waals surface area contributed by atoms with Crippen LogP contribution in [0.4, 0.5) is 10.1 Å². The number of carbonyl (C=O) groups is 1. The molecule has 3 rings (SSSR count). The molecule has 1 amide bonds. The van der Waals surface area contributed by atoms with E-state index < -0.39 is 5.91 Å². The number of halogens is 2. The number of rotatable bonds is 6. The number of carbonyl (C=O) groups excluding carboxylic acids is 1. The molecular weight excluding hydrogens is 443 g/mol. The fraction of sp³-hybridized carbons (Fsp3) is 0.120. The quantitative estimate of drug-likeness (QED) is 0.345. The predicted octanol–water partition coefficient (Wildman–Crippen LogP) is 6.29. The van der Waals surface area contributed by atoms with Crippen molar-refractivity contribution in [2.75, 3.05) is 5.32 Å². The zero-order valence-electron chi connectivity index (χ0n) is 16.5. The summed E-state index contributed by atoms with van der Waals surface area (Å²) in [7, 11) is 0. The van der Waals surface area contributed by atoms with Gasteiger partial charge >= 0.3 is 0 Å². The topological polar surface area (TPSA) is 52.9 Å². The minimum Gasteiger partial charge on any atom is -0.321 e. The van der Waals surface area contributed by atoms with E-state index in [1.54, 1.807) is 12.1 Å². The molecule has 0 aromatic heterocycles. The van der Waals surface area contributed by atoms with Gasteiger partial charge in [-0.25, -0.2) is 4.39 Å². The summed E-state index contributed by atoms with van der Waals surface area (Å²) in [5, 5.41) is 12.3. The Bertz CT molecular complexity index is 1150. The van der Waals surface area contributed by atoms with Gasteiger partial charge in [-0.2, -0.15) is 5.26 Å². The number of nitrogens with one attached hydrogen (secondary N) is 1. The van der Waals surface area contributed by atoms with Crippen LogP contribution in [0.3, 0.4) is 0 Å². The van der Waals surface area contributed by atoms with E-state index in [0.717, 1.165) is 33.1 Å². The monoisotopic (exact) mass is 462 g/mol. The zero-order valence-corrected chi connectivity index (χ0v) is 18.0. The van der Waals surface area contributed by atoms with Crippen LogP contribution in [0, 0.1) is 17.1 Å². The van der Waals surface area contributed by atoms with Crippen LogP contribution in [0.5, 0.6) is 0 Å². The molecule has 3 nitrogen and oxygen atoms in total. The average molecular weight is 463 g/mol. The summed E-state index contributed by atoms with van der Waals surface area (Å²) in [6.45, 7) is 2.01. The van der Waals surface area contributed by atoms with Crippen molar-refractivity contribution in [1.82, 2.24) is 0 Å². The minimum absolute atomic E-state index is 0.0192. The van der Waals surface area contributed by atoms with Crippen LogP contribution in [0.2, 0.25) is 0 Å². The molecule has 0 bridgehead atoms. The lowest BCUT2D eigenvalue weighted by Gasteiger charge is -2.09. The molecule has 0 aliphatic heterocycles. The van der Waals surface area contributed by atoms with Gasteiger partial charge in [0.05, 0.1) is 0 Å². The normalized spacial score (nSPS) is 11.1. The van der Waals surface area contributed by atoms with Gasteiger partial charge in [0.1, 0.15) is 17.5 Å². The lowest BCUT2D eigenvalue weighted by atomic mass is 10.0. The Morgan fingerprint density at radius 1 is 1.10 bits per heavy atom. The minimum atomic E-state index is -0.446. The molecule has 0 unspecified atom stereocenters. The lowest BCUT2D eigenvalue weighted by molar-refractivity contribution is -0.112. The van der Waals surface area contributed by atoms with Crippen molar-refractivity contribution >= 4 is 33.6 Å². The third-order valence-corrected chi connectivity index (χ3v) is 5.42. The van der Waals surface area contributed by atoms with Crippen LogP contribution in [0.25, 0.3) is 6.08 Å². The van der Waals surface area contributed by atoms with Crippen LogP contribution in [0.1, 0.15) is 29.2 Å². The third kappa shape index (κ3) is 5.43. The first-order valence-corrected chi connectivity index (χ1v) is 10.3. The highest BCUT2D eigenvalue weighted by Crippen LogP contribution is 2.24. The van der Waals surface area contributed by atoms with Gasteiger partial charge in [-0.05, 0) is 65.4 Å². The molecule has 3 aromatic carbocycles. The summed E-state index contributed by atoms with van der Waals surface area (Å²) < 4.78 is 14.2. The second kappa shape index (κ2) is 10.00. The molecule has 0 atom stereocenters. The number of amides is 1. The van der Waals surface area contributed by atoms with Crippen LogP contribution < -0.4 is 5.32 Å². The maximum absolute atomic E-state index is 13.4. The molecule has 5 heteroatoms. The molecule has 0 saturated heterocycles. The summed E-state index contributed by atoms with van der Waals surface area (Å²) in [6.07, 6.45) is 2.91. The number of hydrogen-bond donors (Lipinski definition) is 1. The standard InChI is InChI=1S/C25H20BrFN2O/c1-2-19-7-3-4-9-24(19)29-25(30)21(16-28)13-18-10-11-20(23(26)15-18)12-17-6-5-8-22(27)14-17/h3-11,13-15H,2,12H2,1H3,(H,29,30)/b21-13+. The van der Waals surface area contributed by atoms with Crippen molar-refractivity contribution in [3.8, 4) is 6.07 Å². The number of hydrogen-bond acceptors (Lipinski definition) is 2.